The molecule has 2 aromatic rings. The number of nitrogens with one attached hydrogen (secondary N) is 2. The molecule has 2 heterocycles. The number of hydrogen-bond acceptors (Lipinski definition) is 4. The van der Waals surface area contributed by atoms with Crippen LogP contribution < -0.4 is 15.5 Å². The molecule has 5 nitrogen and oxygen atoms in total. The summed E-state index contributed by atoms with van der Waals surface area (Å²) in [5, 5.41) is 7.58. The summed E-state index contributed by atoms with van der Waals surface area (Å²) in [6, 6.07) is 6.41. The largest absolute Gasteiger partial charge is 0.434 e. The van der Waals surface area contributed by atoms with Gasteiger partial charge in [0.15, 0.2) is 11.7 Å². The van der Waals surface area contributed by atoms with Crippen LogP contribution in [0.1, 0.15) is 28.2 Å². The van der Waals surface area contributed by atoms with Gasteiger partial charge in [0.25, 0.3) is 0 Å². The average molecular weight is 525 g/mol. The minimum absolute atomic E-state index is 0. The van der Waals surface area contributed by atoms with Gasteiger partial charge in [-0.2, -0.15) is 13.2 Å². The van der Waals surface area contributed by atoms with E-state index in [0.717, 1.165) is 41.7 Å². The zero-order chi connectivity index (χ0) is 19.4. The first-order valence-electron chi connectivity index (χ1n) is 8.66. The maximum absolute atomic E-state index is 12.6. The first kappa shape index (κ1) is 22.7. The van der Waals surface area contributed by atoms with E-state index in [1.165, 1.54) is 11.3 Å². The topological polar surface area (TPSA) is 52.6 Å². The lowest BCUT2D eigenvalue weighted by Crippen LogP contribution is -2.36. The summed E-state index contributed by atoms with van der Waals surface area (Å²) in [6.45, 7) is 1.85. The molecule has 3 rings (SSSR count). The Balaban J connectivity index is 0.00000280. The van der Waals surface area contributed by atoms with Gasteiger partial charge in [-0.15, -0.1) is 35.3 Å². The molecule has 0 unspecified atom stereocenters. The molecule has 1 aromatic heterocycles. The minimum atomic E-state index is -4.41. The number of halogens is 4. The van der Waals surface area contributed by atoms with Gasteiger partial charge in [0.1, 0.15) is 5.01 Å². The Morgan fingerprint density at radius 2 is 2.04 bits per heavy atom. The summed E-state index contributed by atoms with van der Waals surface area (Å²) in [4.78, 5) is 9.98. The van der Waals surface area contributed by atoms with Crippen molar-refractivity contribution in [3.05, 3.63) is 45.4 Å². The second kappa shape index (κ2) is 9.77. The Kier molecular flexibility index (Phi) is 7.93. The molecule has 0 saturated heterocycles. The number of alkyl halides is 3. The van der Waals surface area contributed by atoms with Crippen molar-refractivity contribution >= 4 is 47.0 Å². The van der Waals surface area contributed by atoms with Crippen LogP contribution in [-0.4, -0.2) is 31.6 Å². The lowest BCUT2D eigenvalue weighted by Gasteiger charge is -2.28. The zero-order valence-electron chi connectivity index (χ0n) is 15.6. The van der Waals surface area contributed by atoms with Crippen LogP contribution in [0.15, 0.2) is 28.6 Å². The van der Waals surface area contributed by atoms with Crippen LogP contribution in [0.25, 0.3) is 0 Å². The average Bonchev–Trinajstić information content (AvgIpc) is 3.11. The minimum Gasteiger partial charge on any atom is -0.374 e. The van der Waals surface area contributed by atoms with Crippen molar-refractivity contribution in [2.45, 2.75) is 32.1 Å². The summed E-state index contributed by atoms with van der Waals surface area (Å²) in [6.07, 6.45) is -2.18. The van der Waals surface area contributed by atoms with Gasteiger partial charge in [-0.1, -0.05) is 12.1 Å². The summed E-state index contributed by atoms with van der Waals surface area (Å²) >= 11 is 0.978. The lowest BCUT2D eigenvalue weighted by atomic mass is 9.99. The molecule has 0 aliphatic carbocycles. The number of aryl methyl sites for hydroxylation is 1. The molecule has 0 fully saturated rings. The highest BCUT2D eigenvalue weighted by molar-refractivity contribution is 14.0. The number of nitrogens with zero attached hydrogens (tertiary/aromatic N) is 3. The Morgan fingerprint density at radius 3 is 2.71 bits per heavy atom. The number of benzene rings is 1. The summed E-state index contributed by atoms with van der Waals surface area (Å²) < 4.78 is 37.8. The van der Waals surface area contributed by atoms with Crippen molar-refractivity contribution in [2.75, 3.05) is 25.5 Å². The van der Waals surface area contributed by atoms with Crippen molar-refractivity contribution in [3.63, 3.8) is 0 Å². The molecule has 1 aromatic carbocycles. The Morgan fingerprint density at radius 1 is 1.29 bits per heavy atom. The van der Waals surface area contributed by atoms with E-state index >= 15 is 0 Å². The molecule has 0 saturated carbocycles. The highest BCUT2D eigenvalue weighted by Gasteiger charge is 2.33. The molecule has 28 heavy (non-hydrogen) atoms. The van der Waals surface area contributed by atoms with Crippen LogP contribution in [-0.2, 0) is 25.7 Å². The molecule has 10 heteroatoms. The lowest BCUT2D eigenvalue weighted by molar-refractivity contribution is -0.140. The van der Waals surface area contributed by atoms with E-state index < -0.39 is 11.9 Å². The van der Waals surface area contributed by atoms with E-state index in [1.54, 1.807) is 7.05 Å². The van der Waals surface area contributed by atoms with Crippen molar-refractivity contribution in [3.8, 4) is 0 Å². The molecule has 2 N–H and O–H groups in total. The third-order valence-corrected chi connectivity index (χ3v) is 5.28. The maximum Gasteiger partial charge on any atom is 0.434 e. The van der Waals surface area contributed by atoms with Gasteiger partial charge in [0.2, 0.25) is 0 Å². The molecule has 0 atom stereocenters. The van der Waals surface area contributed by atoms with Crippen molar-refractivity contribution in [1.82, 2.24) is 15.6 Å². The van der Waals surface area contributed by atoms with Crippen LogP contribution in [0.2, 0.25) is 0 Å². The van der Waals surface area contributed by atoms with E-state index in [0.29, 0.717) is 17.5 Å². The molecule has 0 amide bonds. The third kappa shape index (κ3) is 5.72. The number of aliphatic imine (C=N–C) groups is 1. The number of guanidine groups is 1. The van der Waals surface area contributed by atoms with Crippen molar-refractivity contribution in [2.24, 2.45) is 4.99 Å². The van der Waals surface area contributed by atoms with E-state index in [2.05, 4.69) is 50.8 Å². The number of hydrogen-bond donors (Lipinski definition) is 2. The highest BCUT2D eigenvalue weighted by Crippen LogP contribution is 2.30. The molecule has 1 aliphatic heterocycles. The number of aromatic nitrogens is 1. The molecular formula is C18H23F3IN5S. The van der Waals surface area contributed by atoms with Crippen LogP contribution >= 0.6 is 35.3 Å². The summed E-state index contributed by atoms with van der Waals surface area (Å²) in [5.74, 6) is 0.522. The number of fused-ring (bicyclic) bond motifs is 1. The summed E-state index contributed by atoms with van der Waals surface area (Å²) in [7, 11) is 3.73. The predicted molar refractivity (Wildman–Crippen MR) is 118 cm³/mol. The van der Waals surface area contributed by atoms with Gasteiger partial charge < -0.3 is 15.5 Å². The second-order valence-corrected chi connectivity index (χ2v) is 7.33. The fourth-order valence-electron chi connectivity index (χ4n) is 3.04. The Labute approximate surface area is 183 Å². The molecule has 1 aliphatic rings. The zero-order valence-corrected chi connectivity index (χ0v) is 18.8. The van der Waals surface area contributed by atoms with Gasteiger partial charge in [-0.3, -0.25) is 4.99 Å². The third-order valence-electron chi connectivity index (χ3n) is 4.43. The van der Waals surface area contributed by atoms with E-state index in [1.807, 2.05) is 0 Å². The molecule has 0 spiro atoms. The fourth-order valence-corrected chi connectivity index (χ4v) is 3.78. The monoisotopic (exact) mass is 525 g/mol. The van der Waals surface area contributed by atoms with Gasteiger partial charge in [0, 0.05) is 38.3 Å². The van der Waals surface area contributed by atoms with Crippen LogP contribution in [0.5, 0.6) is 0 Å². The van der Waals surface area contributed by atoms with Crippen LogP contribution in [0, 0.1) is 0 Å². The first-order chi connectivity index (χ1) is 12.9. The molecule has 0 radical (unpaired) electrons. The SMILES string of the molecule is CN=C(NCc1ccc2c(c1)CCCN2C)NCc1nc(C(F)(F)F)cs1.I. The highest BCUT2D eigenvalue weighted by atomic mass is 127. The number of rotatable bonds is 4. The quantitative estimate of drug-likeness (QED) is 0.360. The first-order valence-corrected chi connectivity index (χ1v) is 9.54. The van der Waals surface area contributed by atoms with Gasteiger partial charge in [-0.25, -0.2) is 4.98 Å². The van der Waals surface area contributed by atoms with E-state index in [-0.39, 0.29) is 30.5 Å². The Hall–Kier alpha value is -1.56. The maximum atomic E-state index is 12.6. The number of thiazole rings is 1. The predicted octanol–water partition coefficient (Wildman–Crippen LogP) is 4.03. The van der Waals surface area contributed by atoms with Gasteiger partial charge in [-0.05, 0) is 30.0 Å². The normalized spacial score (nSPS) is 14.3. The standard InChI is InChI=1S/C18H22F3N5S.HI/c1-22-17(24-10-16-25-15(11-27-16)18(19,20)21)23-9-12-5-6-14-13(8-12)4-3-7-26(14)2;/h5-6,8,11H,3-4,7,9-10H2,1-2H3,(H2,22,23,24);1H. The van der Waals surface area contributed by atoms with Crippen LogP contribution in [0.3, 0.4) is 0 Å². The van der Waals surface area contributed by atoms with Gasteiger partial charge >= 0.3 is 6.18 Å². The van der Waals surface area contributed by atoms with E-state index in [4.69, 9.17) is 0 Å². The summed E-state index contributed by atoms with van der Waals surface area (Å²) in [5.41, 5.74) is 2.90. The van der Waals surface area contributed by atoms with Crippen LogP contribution in [0.4, 0.5) is 18.9 Å². The molecule has 0 bridgehead atoms. The Bertz CT molecular complexity index is 822. The molecular weight excluding hydrogens is 502 g/mol. The number of anilines is 1. The van der Waals surface area contributed by atoms with Crippen molar-refractivity contribution in [1.29, 1.82) is 0 Å². The van der Waals surface area contributed by atoms with Crippen molar-refractivity contribution < 1.29 is 13.2 Å². The smallest absolute Gasteiger partial charge is 0.374 e. The van der Waals surface area contributed by atoms with E-state index in [9.17, 15) is 13.2 Å². The molecule has 154 valence electrons. The fraction of sp³-hybridized carbons (Fsp3) is 0.444. The second-order valence-electron chi connectivity index (χ2n) is 6.39. The van der Waals surface area contributed by atoms with Gasteiger partial charge in [0.05, 0.1) is 6.54 Å².